The Bertz CT molecular complexity index is 443. The van der Waals surface area contributed by atoms with Crippen LogP contribution >= 0.6 is 0 Å². The van der Waals surface area contributed by atoms with Gasteiger partial charge in [-0.2, -0.15) is 0 Å². The van der Waals surface area contributed by atoms with Crippen LogP contribution in [0.1, 0.15) is 44.6 Å². The SMILES string of the molecule is CC1CCC(N)C(CN2CCCCc3ccccc32)C1. The van der Waals surface area contributed by atoms with Crippen LogP contribution in [0.2, 0.25) is 0 Å². The number of nitrogens with zero attached hydrogens (tertiary/aromatic N) is 1. The second-order valence-corrected chi connectivity index (χ2v) is 6.87. The van der Waals surface area contributed by atoms with Crippen molar-refractivity contribution in [3.8, 4) is 0 Å². The van der Waals surface area contributed by atoms with Crippen molar-refractivity contribution in [3.63, 3.8) is 0 Å². The zero-order chi connectivity index (χ0) is 13.9. The largest absolute Gasteiger partial charge is 0.371 e. The number of fused-ring (bicyclic) bond motifs is 1. The van der Waals surface area contributed by atoms with Crippen LogP contribution in [-0.2, 0) is 6.42 Å². The fourth-order valence-electron chi connectivity index (χ4n) is 3.97. The van der Waals surface area contributed by atoms with E-state index >= 15 is 0 Å². The number of para-hydroxylation sites is 1. The van der Waals surface area contributed by atoms with Gasteiger partial charge in [0.05, 0.1) is 0 Å². The van der Waals surface area contributed by atoms with Gasteiger partial charge in [0, 0.05) is 24.8 Å². The molecule has 0 amide bonds. The van der Waals surface area contributed by atoms with E-state index < -0.39 is 0 Å². The van der Waals surface area contributed by atoms with Crippen molar-refractivity contribution in [2.45, 2.75) is 51.5 Å². The van der Waals surface area contributed by atoms with Crippen LogP contribution < -0.4 is 10.6 Å². The number of hydrogen-bond acceptors (Lipinski definition) is 2. The molecule has 20 heavy (non-hydrogen) atoms. The Morgan fingerprint density at radius 1 is 1.20 bits per heavy atom. The van der Waals surface area contributed by atoms with Crippen LogP contribution in [0.15, 0.2) is 24.3 Å². The molecule has 1 fully saturated rings. The van der Waals surface area contributed by atoms with Crippen LogP contribution in [0.5, 0.6) is 0 Å². The summed E-state index contributed by atoms with van der Waals surface area (Å²) in [6, 6.07) is 9.37. The lowest BCUT2D eigenvalue weighted by Gasteiger charge is -2.37. The lowest BCUT2D eigenvalue weighted by molar-refractivity contribution is 0.248. The first-order valence-corrected chi connectivity index (χ1v) is 8.32. The highest BCUT2D eigenvalue weighted by molar-refractivity contribution is 5.54. The molecule has 3 rings (SSSR count). The number of nitrogens with two attached hydrogens (primary N) is 1. The molecule has 0 radical (unpaired) electrons. The lowest BCUT2D eigenvalue weighted by atomic mass is 9.79. The molecule has 2 heteroatoms. The molecule has 110 valence electrons. The Morgan fingerprint density at radius 3 is 2.95 bits per heavy atom. The fourth-order valence-corrected chi connectivity index (χ4v) is 3.97. The molecule has 1 saturated carbocycles. The Labute approximate surface area is 123 Å². The van der Waals surface area contributed by atoms with Gasteiger partial charge in [0.2, 0.25) is 0 Å². The van der Waals surface area contributed by atoms with Crippen molar-refractivity contribution in [3.05, 3.63) is 29.8 Å². The molecule has 1 heterocycles. The average Bonchev–Trinajstić information content (AvgIpc) is 2.66. The highest BCUT2D eigenvalue weighted by atomic mass is 15.1. The smallest absolute Gasteiger partial charge is 0.0398 e. The Balaban J connectivity index is 1.76. The Morgan fingerprint density at radius 2 is 2.05 bits per heavy atom. The molecule has 1 aliphatic heterocycles. The molecular formula is C18H28N2. The first-order chi connectivity index (χ1) is 9.74. The van der Waals surface area contributed by atoms with Crippen molar-refractivity contribution in [2.24, 2.45) is 17.6 Å². The maximum absolute atomic E-state index is 6.39. The van der Waals surface area contributed by atoms with Crippen molar-refractivity contribution in [1.82, 2.24) is 0 Å². The summed E-state index contributed by atoms with van der Waals surface area (Å²) < 4.78 is 0. The van der Waals surface area contributed by atoms with E-state index in [1.165, 1.54) is 56.3 Å². The molecule has 0 bridgehead atoms. The zero-order valence-electron chi connectivity index (χ0n) is 12.7. The topological polar surface area (TPSA) is 29.3 Å². The monoisotopic (exact) mass is 272 g/mol. The van der Waals surface area contributed by atoms with Crippen molar-refractivity contribution >= 4 is 5.69 Å². The quantitative estimate of drug-likeness (QED) is 0.891. The summed E-state index contributed by atoms with van der Waals surface area (Å²) >= 11 is 0. The molecular weight excluding hydrogens is 244 g/mol. The second-order valence-electron chi connectivity index (χ2n) is 6.87. The number of rotatable bonds is 2. The normalized spacial score (nSPS) is 30.7. The van der Waals surface area contributed by atoms with E-state index in [4.69, 9.17) is 5.73 Å². The van der Waals surface area contributed by atoms with Crippen molar-refractivity contribution in [2.75, 3.05) is 18.0 Å². The second kappa shape index (κ2) is 6.17. The van der Waals surface area contributed by atoms with Crippen molar-refractivity contribution in [1.29, 1.82) is 0 Å². The third-order valence-corrected chi connectivity index (χ3v) is 5.21. The number of aryl methyl sites for hydroxylation is 1. The van der Waals surface area contributed by atoms with E-state index in [0.717, 1.165) is 12.5 Å². The molecule has 0 aromatic heterocycles. The van der Waals surface area contributed by atoms with Crippen molar-refractivity contribution < 1.29 is 0 Å². The summed E-state index contributed by atoms with van der Waals surface area (Å²) in [7, 11) is 0. The van der Waals surface area contributed by atoms with Gasteiger partial charge in [-0.3, -0.25) is 0 Å². The van der Waals surface area contributed by atoms with E-state index in [0.29, 0.717) is 12.0 Å². The standard InChI is InChI=1S/C18H28N2/c1-14-9-10-17(19)16(12-14)13-20-11-5-4-7-15-6-2-3-8-18(15)20/h2-3,6,8,14,16-17H,4-5,7,9-13,19H2,1H3. The van der Waals surface area contributed by atoms with Gasteiger partial charge in [0.25, 0.3) is 0 Å². The Hall–Kier alpha value is -1.02. The van der Waals surface area contributed by atoms with Gasteiger partial charge in [-0.1, -0.05) is 25.1 Å². The van der Waals surface area contributed by atoms with E-state index in [2.05, 4.69) is 36.1 Å². The van der Waals surface area contributed by atoms with Crippen LogP contribution in [0, 0.1) is 11.8 Å². The predicted octanol–water partition coefficient (Wildman–Crippen LogP) is 3.59. The van der Waals surface area contributed by atoms with Gasteiger partial charge < -0.3 is 10.6 Å². The maximum atomic E-state index is 6.39. The number of anilines is 1. The average molecular weight is 272 g/mol. The first kappa shape index (κ1) is 13.9. The highest BCUT2D eigenvalue weighted by Gasteiger charge is 2.28. The molecule has 0 saturated heterocycles. The Kier molecular flexibility index (Phi) is 4.30. The van der Waals surface area contributed by atoms with Gasteiger partial charge in [-0.15, -0.1) is 0 Å². The minimum Gasteiger partial charge on any atom is -0.371 e. The van der Waals surface area contributed by atoms with Gasteiger partial charge in [0.1, 0.15) is 0 Å². The highest BCUT2D eigenvalue weighted by Crippen LogP contribution is 2.32. The molecule has 2 nitrogen and oxygen atoms in total. The van der Waals surface area contributed by atoms with Gasteiger partial charge in [-0.05, 0) is 62.0 Å². The molecule has 1 aliphatic carbocycles. The summed E-state index contributed by atoms with van der Waals surface area (Å²) in [5, 5.41) is 0. The molecule has 3 atom stereocenters. The van der Waals surface area contributed by atoms with Crippen LogP contribution in [0.3, 0.4) is 0 Å². The van der Waals surface area contributed by atoms with E-state index in [1.54, 1.807) is 0 Å². The molecule has 0 spiro atoms. The summed E-state index contributed by atoms with van der Waals surface area (Å²) in [4.78, 5) is 2.62. The molecule has 3 unspecified atom stereocenters. The van der Waals surface area contributed by atoms with E-state index in [9.17, 15) is 0 Å². The van der Waals surface area contributed by atoms with Crippen LogP contribution in [0.25, 0.3) is 0 Å². The predicted molar refractivity (Wildman–Crippen MR) is 86.1 cm³/mol. The van der Waals surface area contributed by atoms with Crippen LogP contribution in [-0.4, -0.2) is 19.1 Å². The number of hydrogen-bond donors (Lipinski definition) is 1. The summed E-state index contributed by atoms with van der Waals surface area (Å²) in [6.45, 7) is 4.74. The third kappa shape index (κ3) is 3.01. The number of benzene rings is 1. The van der Waals surface area contributed by atoms with E-state index in [1.807, 2.05) is 0 Å². The molecule has 2 N–H and O–H groups in total. The molecule has 1 aromatic carbocycles. The minimum atomic E-state index is 0.404. The van der Waals surface area contributed by atoms with Gasteiger partial charge in [-0.25, -0.2) is 0 Å². The van der Waals surface area contributed by atoms with E-state index in [-0.39, 0.29) is 0 Å². The maximum Gasteiger partial charge on any atom is 0.0398 e. The summed E-state index contributed by atoms with van der Waals surface area (Å²) in [5.74, 6) is 1.52. The fraction of sp³-hybridized carbons (Fsp3) is 0.667. The summed E-state index contributed by atoms with van der Waals surface area (Å²) in [6.07, 6.45) is 7.70. The molecule has 1 aromatic rings. The zero-order valence-corrected chi connectivity index (χ0v) is 12.7. The lowest BCUT2D eigenvalue weighted by Crippen LogP contribution is -2.43. The van der Waals surface area contributed by atoms with Crippen LogP contribution in [0.4, 0.5) is 5.69 Å². The van der Waals surface area contributed by atoms with Gasteiger partial charge in [0.15, 0.2) is 0 Å². The van der Waals surface area contributed by atoms with Gasteiger partial charge >= 0.3 is 0 Å². The molecule has 2 aliphatic rings. The minimum absolute atomic E-state index is 0.404. The first-order valence-electron chi connectivity index (χ1n) is 8.32. The summed E-state index contributed by atoms with van der Waals surface area (Å²) in [5.41, 5.74) is 9.39. The third-order valence-electron chi connectivity index (χ3n) is 5.21.